The van der Waals surface area contributed by atoms with Gasteiger partial charge < -0.3 is 25.0 Å². The molecule has 0 fully saturated rings. The van der Waals surface area contributed by atoms with Crippen molar-refractivity contribution in [2.75, 3.05) is 0 Å². The van der Waals surface area contributed by atoms with Gasteiger partial charge in [0, 0.05) is 32.2 Å². The van der Waals surface area contributed by atoms with Crippen molar-refractivity contribution in [2.45, 2.75) is 26.0 Å². The zero-order valence-corrected chi connectivity index (χ0v) is 9.54. The first-order valence-electron chi connectivity index (χ1n) is 4.67. The molecule has 0 bridgehead atoms. The molecule has 0 saturated carbocycles. The van der Waals surface area contributed by atoms with E-state index < -0.39 is 24.1 Å². The van der Waals surface area contributed by atoms with Gasteiger partial charge in [0.1, 0.15) is 0 Å². The lowest BCUT2D eigenvalue weighted by Gasteiger charge is -2.15. The molecule has 96 valence electrons. The lowest BCUT2D eigenvalue weighted by molar-refractivity contribution is -0.177. The third kappa shape index (κ3) is 9.09. The van der Waals surface area contributed by atoms with Crippen LogP contribution < -0.4 is 5.32 Å². The highest BCUT2D eigenvalue weighted by atomic mass is 16.7. The van der Waals surface area contributed by atoms with Gasteiger partial charge in [-0.15, -0.1) is 0 Å². The molecule has 0 radical (unpaired) electrons. The first-order valence-corrected chi connectivity index (χ1v) is 4.67. The molecule has 0 aliphatic carbocycles. The summed E-state index contributed by atoms with van der Waals surface area (Å²) in [5, 5.41) is 19.7. The number of nitrogens with one attached hydrogen (secondary N) is 1. The van der Waals surface area contributed by atoms with Gasteiger partial charge in [0.2, 0.25) is 12.2 Å². The average Bonchev–Trinajstić information content (AvgIpc) is 2.14. The van der Waals surface area contributed by atoms with E-state index in [2.05, 4.69) is 21.4 Å². The van der Waals surface area contributed by atoms with Crippen LogP contribution in [-0.4, -0.2) is 34.4 Å². The number of hydrogen-bond acceptors (Lipinski definition) is 7. The molecule has 3 N–H and O–H groups in total. The lowest BCUT2D eigenvalue weighted by Crippen LogP contribution is -2.38. The minimum absolute atomic E-state index is 0.717. The third-order valence-electron chi connectivity index (χ3n) is 1.31. The molecule has 0 saturated heterocycles. The maximum absolute atomic E-state index is 11.1. The Morgan fingerprint density at radius 1 is 1.35 bits per heavy atom. The number of carbonyl (C=O) groups is 2. The van der Waals surface area contributed by atoms with Gasteiger partial charge in [-0.25, -0.2) is 9.59 Å². The molecule has 7 nitrogen and oxygen atoms in total. The monoisotopic (exact) mass is 245 g/mol. The molecule has 7 heteroatoms. The molecular formula is C10H15NO6. The van der Waals surface area contributed by atoms with E-state index in [9.17, 15) is 9.59 Å². The third-order valence-corrected chi connectivity index (χ3v) is 1.31. The van der Waals surface area contributed by atoms with Crippen LogP contribution in [0.5, 0.6) is 0 Å². The van der Waals surface area contributed by atoms with Gasteiger partial charge in [-0.2, -0.15) is 0 Å². The Balaban J connectivity index is 4.01. The van der Waals surface area contributed by atoms with Crippen molar-refractivity contribution in [1.29, 1.82) is 0 Å². The Labute approximate surface area is 98.3 Å². The molecule has 1 atom stereocenters. The molecule has 0 aliphatic heterocycles. The summed E-state index contributed by atoms with van der Waals surface area (Å²) in [6.45, 7) is 5.59. The van der Waals surface area contributed by atoms with Crippen LogP contribution in [0.2, 0.25) is 0 Å². The van der Waals surface area contributed by atoms with E-state index in [-0.39, 0.29) is 0 Å². The van der Waals surface area contributed by atoms with E-state index in [0.717, 1.165) is 25.3 Å². The van der Waals surface area contributed by atoms with Crippen molar-refractivity contribution in [2.24, 2.45) is 0 Å². The highest BCUT2D eigenvalue weighted by Gasteiger charge is 2.12. The van der Waals surface area contributed by atoms with E-state index in [1.165, 1.54) is 6.92 Å². The average molecular weight is 245 g/mol. The van der Waals surface area contributed by atoms with Crippen molar-refractivity contribution < 1.29 is 29.3 Å². The predicted molar refractivity (Wildman–Crippen MR) is 57.0 cm³/mol. The Hall–Kier alpha value is -1.86. The largest absolute Gasteiger partial charge is 0.422 e. The van der Waals surface area contributed by atoms with Gasteiger partial charge >= 0.3 is 11.9 Å². The van der Waals surface area contributed by atoms with Crippen LogP contribution in [0.25, 0.3) is 0 Å². The van der Waals surface area contributed by atoms with Crippen LogP contribution in [0.1, 0.15) is 13.8 Å². The van der Waals surface area contributed by atoms with Gasteiger partial charge in [0.25, 0.3) is 0 Å². The Morgan fingerprint density at radius 2 is 1.88 bits per heavy atom. The Kier molecular flexibility index (Phi) is 5.94. The maximum atomic E-state index is 11.1. The fourth-order valence-electron chi connectivity index (χ4n) is 0.706. The Bertz CT molecular complexity index is 317. The van der Waals surface area contributed by atoms with E-state index >= 15 is 0 Å². The molecule has 0 rings (SSSR count). The minimum atomic E-state index is -2.13. The second-order valence-corrected chi connectivity index (χ2v) is 3.14. The zero-order chi connectivity index (χ0) is 13.5. The van der Waals surface area contributed by atoms with Crippen molar-refractivity contribution in [3.63, 3.8) is 0 Å². The van der Waals surface area contributed by atoms with Gasteiger partial charge in [-0.3, -0.25) is 0 Å². The second-order valence-electron chi connectivity index (χ2n) is 3.14. The van der Waals surface area contributed by atoms with Crippen molar-refractivity contribution in [3.8, 4) is 0 Å². The number of aliphatic hydroxyl groups is 2. The normalized spacial score (nSPS) is 12.9. The van der Waals surface area contributed by atoms with Crippen LogP contribution in [0.3, 0.4) is 0 Å². The summed E-state index contributed by atoms with van der Waals surface area (Å²) in [6.07, 6.45) is 1.77. The predicted octanol–water partition coefficient (Wildman–Crippen LogP) is -0.634. The number of rotatable bonds is 6. The number of carbonyl (C=O) groups excluding carboxylic acids is 2. The van der Waals surface area contributed by atoms with Crippen LogP contribution in [-0.2, 0) is 19.1 Å². The summed E-state index contributed by atoms with van der Waals surface area (Å²) < 4.78 is 9.18. The number of esters is 2. The Morgan fingerprint density at radius 3 is 2.35 bits per heavy atom. The molecule has 17 heavy (non-hydrogen) atoms. The molecule has 0 aromatic carbocycles. The highest BCUT2D eigenvalue weighted by molar-refractivity contribution is 5.83. The van der Waals surface area contributed by atoms with Crippen LogP contribution >= 0.6 is 0 Å². The zero-order valence-electron chi connectivity index (χ0n) is 9.54. The van der Waals surface area contributed by atoms with E-state index in [1.807, 2.05) is 0 Å². The first kappa shape index (κ1) is 15.1. The topological polar surface area (TPSA) is 105 Å². The van der Waals surface area contributed by atoms with Crippen LogP contribution in [0, 0.1) is 0 Å². The highest BCUT2D eigenvalue weighted by Crippen LogP contribution is 1.97. The summed E-state index contributed by atoms with van der Waals surface area (Å²) in [6, 6.07) is 0. The number of ether oxygens (including phenoxy) is 2. The van der Waals surface area contributed by atoms with Crippen molar-refractivity contribution >= 4 is 11.9 Å². The van der Waals surface area contributed by atoms with Gasteiger partial charge in [-0.1, -0.05) is 6.58 Å². The van der Waals surface area contributed by atoms with Gasteiger partial charge in [0.05, 0.1) is 0 Å². The lowest BCUT2D eigenvalue weighted by atomic mass is 10.5. The van der Waals surface area contributed by atoms with Crippen LogP contribution in [0.4, 0.5) is 0 Å². The van der Waals surface area contributed by atoms with Gasteiger partial charge in [0.15, 0.2) is 0 Å². The molecule has 1 unspecified atom stereocenters. The fourth-order valence-corrected chi connectivity index (χ4v) is 0.706. The molecule has 0 heterocycles. The molecule has 0 amide bonds. The number of hydrogen-bond donors (Lipinski definition) is 3. The van der Waals surface area contributed by atoms with E-state index in [0.29, 0.717) is 0 Å². The summed E-state index contributed by atoms with van der Waals surface area (Å²) in [5.74, 6) is -3.66. The molecule has 0 aromatic rings. The smallest absolute Gasteiger partial charge is 0.335 e. The summed E-state index contributed by atoms with van der Waals surface area (Å²) >= 11 is 0. The standard InChI is InChI=1S/C10H15NO6/c1-4-8(12)16-7(2)17-9(13)5-6-11-10(3,14)15/h4-7,11,14-15H,1H2,2-3H3/b6-5+. The SMILES string of the molecule is C=CC(=O)OC(C)OC(=O)/C=C/NC(C)(O)O. The molecular weight excluding hydrogens is 230 g/mol. The van der Waals surface area contributed by atoms with Crippen molar-refractivity contribution in [1.82, 2.24) is 5.32 Å². The summed E-state index contributed by atoms with van der Waals surface area (Å²) in [7, 11) is 0. The quantitative estimate of drug-likeness (QED) is 0.325. The first-order chi connectivity index (χ1) is 7.74. The minimum Gasteiger partial charge on any atom is -0.422 e. The summed E-state index contributed by atoms with van der Waals surface area (Å²) in [4.78, 5) is 21.8. The fraction of sp³-hybridized carbons (Fsp3) is 0.400. The van der Waals surface area contributed by atoms with E-state index in [1.54, 1.807) is 0 Å². The molecule has 0 aliphatic rings. The van der Waals surface area contributed by atoms with Crippen LogP contribution in [0.15, 0.2) is 24.9 Å². The van der Waals surface area contributed by atoms with Crippen molar-refractivity contribution in [3.05, 3.63) is 24.9 Å². The van der Waals surface area contributed by atoms with E-state index in [4.69, 9.17) is 10.2 Å². The van der Waals surface area contributed by atoms with Gasteiger partial charge in [-0.05, 0) is 0 Å². The molecule has 0 spiro atoms. The second kappa shape index (κ2) is 6.66. The summed E-state index contributed by atoms with van der Waals surface area (Å²) in [5.41, 5.74) is 0. The maximum Gasteiger partial charge on any atom is 0.335 e. The molecule has 0 aromatic heterocycles.